The van der Waals surface area contributed by atoms with E-state index in [9.17, 15) is 17.6 Å². The molecule has 0 spiro atoms. The van der Waals surface area contributed by atoms with E-state index in [-0.39, 0.29) is 5.56 Å². The highest BCUT2D eigenvalue weighted by Crippen LogP contribution is 2.11. The first-order chi connectivity index (χ1) is 8.27. The zero-order valence-corrected chi connectivity index (χ0v) is 11.3. The summed E-state index contributed by atoms with van der Waals surface area (Å²) < 4.78 is 38.3. The van der Waals surface area contributed by atoms with Crippen LogP contribution in [0.25, 0.3) is 0 Å². The molecule has 0 aromatic heterocycles. The van der Waals surface area contributed by atoms with Crippen LogP contribution in [0.2, 0.25) is 0 Å². The van der Waals surface area contributed by atoms with E-state index in [0.717, 1.165) is 6.07 Å². The summed E-state index contributed by atoms with van der Waals surface area (Å²) >= 11 is 0. The molecular formula is C12H16FNO3S. The lowest BCUT2D eigenvalue weighted by Crippen LogP contribution is -2.37. The third-order valence-electron chi connectivity index (χ3n) is 2.77. The van der Waals surface area contributed by atoms with Gasteiger partial charge in [-0.3, -0.25) is 4.79 Å². The van der Waals surface area contributed by atoms with Crippen molar-refractivity contribution in [2.45, 2.75) is 32.4 Å². The Morgan fingerprint density at radius 1 is 1.44 bits per heavy atom. The third kappa shape index (κ3) is 3.29. The van der Waals surface area contributed by atoms with Gasteiger partial charge in [0.05, 0.1) is 5.25 Å². The first-order valence-corrected chi connectivity index (χ1v) is 7.14. The summed E-state index contributed by atoms with van der Waals surface area (Å²) in [5.74, 6) is -1.19. The molecule has 0 saturated heterocycles. The minimum atomic E-state index is -3.68. The highest BCUT2D eigenvalue weighted by atomic mass is 32.2. The predicted octanol–water partition coefficient (Wildman–Crippen LogP) is 1.99. The first kappa shape index (κ1) is 14.6. The van der Waals surface area contributed by atoms with Crippen LogP contribution < -0.4 is 4.72 Å². The molecule has 0 aliphatic carbocycles. The number of carbonyl (C=O) groups is 1. The van der Waals surface area contributed by atoms with Crippen LogP contribution in [-0.4, -0.2) is 19.6 Å². The second-order valence-electron chi connectivity index (χ2n) is 4.15. The van der Waals surface area contributed by atoms with Gasteiger partial charge < -0.3 is 0 Å². The fourth-order valence-corrected chi connectivity index (χ4v) is 2.39. The summed E-state index contributed by atoms with van der Waals surface area (Å²) in [7, 11) is -3.68. The highest BCUT2D eigenvalue weighted by Gasteiger charge is 2.22. The molecular weight excluding hydrogens is 257 g/mol. The number of amides is 1. The van der Waals surface area contributed by atoms with Crippen molar-refractivity contribution in [1.29, 1.82) is 0 Å². The first-order valence-electron chi connectivity index (χ1n) is 5.60. The van der Waals surface area contributed by atoms with Crippen LogP contribution >= 0.6 is 0 Å². The second kappa shape index (κ2) is 5.48. The molecule has 100 valence electrons. The Balaban J connectivity index is 2.96. The molecule has 1 aromatic rings. The number of aryl methyl sites for hydroxylation is 1. The summed E-state index contributed by atoms with van der Waals surface area (Å²) in [4.78, 5) is 11.8. The van der Waals surface area contributed by atoms with Gasteiger partial charge in [0.1, 0.15) is 5.82 Å². The van der Waals surface area contributed by atoms with Gasteiger partial charge >= 0.3 is 0 Å². The lowest BCUT2D eigenvalue weighted by molar-refractivity contribution is 0.0980. The zero-order valence-electron chi connectivity index (χ0n) is 10.5. The van der Waals surface area contributed by atoms with E-state index in [1.807, 2.05) is 4.72 Å². The Morgan fingerprint density at radius 3 is 2.56 bits per heavy atom. The minimum Gasteiger partial charge on any atom is -0.268 e. The molecule has 1 rings (SSSR count). The zero-order chi connectivity index (χ0) is 13.9. The summed E-state index contributed by atoms with van der Waals surface area (Å²) in [6.07, 6.45) is 0.408. The molecule has 18 heavy (non-hydrogen) atoms. The van der Waals surface area contributed by atoms with Gasteiger partial charge in [0.15, 0.2) is 0 Å². The van der Waals surface area contributed by atoms with Gasteiger partial charge in [-0.05, 0) is 44.0 Å². The Bertz CT molecular complexity index is 554. The van der Waals surface area contributed by atoms with E-state index in [1.165, 1.54) is 19.1 Å². The van der Waals surface area contributed by atoms with Crippen molar-refractivity contribution in [2.24, 2.45) is 0 Å². The van der Waals surface area contributed by atoms with Crippen molar-refractivity contribution in [3.63, 3.8) is 0 Å². The Labute approximate surface area is 106 Å². The summed E-state index contributed by atoms with van der Waals surface area (Å²) in [6.45, 7) is 4.79. The minimum absolute atomic E-state index is 0.156. The van der Waals surface area contributed by atoms with Gasteiger partial charge in [0.2, 0.25) is 10.0 Å². The van der Waals surface area contributed by atoms with Crippen LogP contribution in [0.1, 0.15) is 36.2 Å². The lowest BCUT2D eigenvalue weighted by Gasteiger charge is -2.12. The van der Waals surface area contributed by atoms with Gasteiger partial charge in [0.25, 0.3) is 5.91 Å². The third-order valence-corrected chi connectivity index (χ3v) is 4.64. The topological polar surface area (TPSA) is 63.2 Å². The monoisotopic (exact) mass is 273 g/mol. The van der Waals surface area contributed by atoms with E-state index < -0.39 is 27.0 Å². The highest BCUT2D eigenvalue weighted by molar-refractivity contribution is 7.90. The normalized spacial score (nSPS) is 13.1. The van der Waals surface area contributed by atoms with Gasteiger partial charge in [-0.25, -0.2) is 17.5 Å². The SMILES string of the molecule is CCC(C)S(=O)(=O)NC(=O)c1ccc(F)cc1C. The second-order valence-corrected chi connectivity index (χ2v) is 6.25. The average Bonchev–Trinajstić information content (AvgIpc) is 2.26. The maximum atomic E-state index is 12.9. The number of hydrogen-bond donors (Lipinski definition) is 1. The standard InChI is InChI=1S/C12H16FNO3S/c1-4-9(3)18(16,17)14-12(15)11-6-5-10(13)7-8(11)2/h5-7,9H,4H2,1-3H3,(H,14,15). The predicted molar refractivity (Wildman–Crippen MR) is 67.3 cm³/mol. The van der Waals surface area contributed by atoms with Crippen molar-refractivity contribution in [2.75, 3.05) is 0 Å². The fraction of sp³-hybridized carbons (Fsp3) is 0.417. The molecule has 0 radical (unpaired) electrons. The van der Waals surface area contributed by atoms with Crippen molar-refractivity contribution < 1.29 is 17.6 Å². The molecule has 0 aliphatic rings. The van der Waals surface area contributed by atoms with Crippen LogP contribution in [0.15, 0.2) is 18.2 Å². The number of sulfonamides is 1. The van der Waals surface area contributed by atoms with Crippen molar-refractivity contribution in [3.05, 3.63) is 35.1 Å². The smallest absolute Gasteiger partial charge is 0.265 e. The quantitative estimate of drug-likeness (QED) is 0.912. The van der Waals surface area contributed by atoms with Gasteiger partial charge in [0, 0.05) is 5.56 Å². The van der Waals surface area contributed by atoms with Gasteiger partial charge in [-0.15, -0.1) is 0 Å². The molecule has 1 atom stereocenters. The Hall–Kier alpha value is -1.43. The molecule has 0 heterocycles. The largest absolute Gasteiger partial charge is 0.268 e. The average molecular weight is 273 g/mol. The van der Waals surface area contributed by atoms with Crippen molar-refractivity contribution >= 4 is 15.9 Å². The number of hydrogen-bond acceptors (Lipinski definition) is 3. The van der Waals surface area contributed by atoms with Gasteiger partial charge in [-0.2, -0.15) is 0 Å². The fourth-order valence-electron chi connectivity index (χ4n) is 1.39. The van der Waals surface area contributed by atoms with Crippen LogP contribution in [0.4, 0.5) is 4.39 Å². The van der Waals surface area contributed by atoms with Crippen molar-refractivity contribution in [3.8, 4) is 0 Å². The Morgan fingerprint density at radius 2 is 2.06 bits per heavy atom. The van der Waals surface area contributed by atoms with Crippen LogP contribution in [-0.2, 0) is 10.0 Å². The molecule has 1 N–H and O–H groups in total. The van der Waals surface area contributed by atoms with Crippen LogP contribution in [0.5, 0.6) is 0 Å². The number of carbonyl (C=O) groups excluding carboxylic acids is 1. The number of nitrogens with one attached hydrogen (secondary N) is 1. The Kier molecular flexibility index (Phi) is 4.45. The van der Waals surface area contributed by atoms with E-state index in [2.05, 4.69) is 0 Å². The molecule has 4 nitrogen and oxygen atoms in total. The maximum Gasteiger partial charge on any atom is 0.265 e. The van der Waals surface area contributed by atoms with Crippen LogP contribution in [0.3, 0.4) is 0 Å². The summed E-state index contributed by atoms with van der Waals surface area (Å²) in [6, 6.07) is 3.58. The van der Waals surface area contributed by atoms with Crippen LogP contribution in [0, 0.1) is 12.7 Å². The van der Waals surface area contributed by atoms with E-state index in [4.69, 9.17) is 0 Å². The van der Waals surface area contributed by atoms with Crippen molar-refractivity contribution in [1.82, 2.24) is 4.72 Å². The molecule has 0 saturated carbocycles. The number of rotatable bonds is 4. The molecule has 1 aromatic carbocycles. The summed E-state index contributed by atoms with van der Waals surface area (Å²) in [5.41, 5.74) is 0.551. The van der Waals surface area contributed by atoms with Gasteiger partial charge in [-0.1, -0.05) is 6.92 Å². The molecule has 0 fully saturated rings. The number of halogens is 1. The van der Waals surface area contributed by atoms with E-state index >= 15 is 0 Å². The molecule has 0 aliphatic heterocycles. The molecule has 6 heteroatoms. The van der Waals surface area contributed by atoms with E-state index in [1.54, 1.807) is 13.8 Å². The molecule has 1 amide bonds. The number of benzene rings is 1. The van der Waals surface area contributed by atoms with E-state index in [0.29, 0.717) is 12.0 Å². The molecule has 0 bridgehead atoms. The lowest BCUT2D eigenvalue weighted by atomic mass is 10.1. The maximum absolute atomic E-state index is 12.9. The molecule has 1 unspecified atom stereocenters. The summed E-state index contributed by atoms with van der Waals surface area (Å²) in [5, 5.41) is -0.651.